The van der Waals surface area contributed by atoms with Crippen molar-refractivity contribution in [3.63, 3.8) is 0 Å². The maximum atomic E-state index is 6.05. The number of hydrogen-bond donors (Lipinski definition) is 1. The molecule has 5 nitrogen and oxygen atoms in total. The fourth-order valence-corrected chi connectivity index (χ4v) is 2.59. The molecule has 0 aromatic rings. The second-order valence-electron chi connectivity index (χ2n) is 4.60. The minimum atomic E-state index is -0.634. The quantitative estimate of drug-likeness (QED) is 0.469. The van der Waals surface area contributed by atoms with Crippen molar-refractivity contribution in [3.8, 4) is 0 Å². The van der Waals surface area contributed by atoms with Crippen LogP contribution in [0, 0.1) is 0 Å². The number of hydrogen-bond acceptors (Lipinski definition) is 5. The molecule has 1 heterocycles. The molecule has 1 aliphatic rings. The van der Waals surface area contributed by atoms with E-state index in [1.165, 1.54) is 0 Å². The third kappa shape index (κ3) is 4.17. The van der Waals surface area contributed by atoms with E-state index in [4.69, 9.17) is 14.2 Å². The molecular formula is C15H27N2O3Si. The highest BCUT2D eigenvalue weighted by Crippen LogP contribution is 2.34. The Bertz CT molecular complexity index is 363. The van der Waals surface area contributed by atoms with E-state index in [0.717, 1.165) is 18.9 Å². The zero-order chi connectivity index (χ0) is 15.7. The van der Waals surface area contributed by atoms with Crippen LogP contribution in [-0.4, -0.2) is 47.4 Å². The molecule has 0 spiro atoms. The van der Waals surface area contributed by atoms with E-state index in [1.54, 1.807) is 0 Å². The highest BCUT2D eigenvalue weighted by Gasteiger charge is 2.47. The number of nitrogens with one attached hydrogen (secondary N) is 1. The SMILES string of the molecule is C=CCN1C(OCC)=C(OCC)NC1(CCC[Si])OCC. The number of ether oxygens (including phenoxy) is 3. The maximum absolute atomic E-state index is 6.05. The summed E-state index contributed by atoms with van der Waals surface area (Å²) in [5.41, 5.74) is 0. The molecule has 0 saturated carbocycles. The van der Waals surface area contributed by atoms with Gasteiger partial charge in [-0.15, -0.1) is 6.58 Å². The Hall–Kier alpha value is -1.14. The average Bonchev–Trinajstić information content (AvgIpc) is 2.74. The van der Waals surface area contributed by atoms with E-state index in [9.17, 15) is 0 Å². The lowest BCUT2D eigenvalue weighted by atomic mass is 10.2. The summed E-state index contributed by atoms with van der Waals surface area (Å²) in [6.45, 7) is 12.1. The van der Waals surface area contributed by atoms with Gasteiger partial charge in [0.1, 0.15) is 0 Å². The first-order chi connectivity index (χ1) is 10.2. The highest BCUT2D eigenvalue weighted by atomic mass is 28.1. The van der Waals surface area contributed by atoms with Gasteiger partial charge in [-0.1, -0.05) is 12.1 Å². The molecule has 1 rings (SSSR count). The van der Waals surface area contributed by atoms with Gasteiger partial charge in [0, 0.05) is 29.8 Å². The summed E-state index contributed by atoms with van der Waals surface area (Å²) < 4.78 is 17.5. The zero-order valence-electron chi connectivity index (χ0n) is 13.4. The van der Waals surface area contributed by atoms with Gasteiger partial charge >= 0.3 is 0 Å². The molecule has 0 saturated heterocycles. The highest BCUT2D eigenvalue weighted by molar-refractivity contribution is 6.08. The van der Waals surface area contributed by atoms with Crippen molar-refractivity contribution < 1.29 is 14.2 Å². The maximum Gasteiger partial charge on any atom is 0.255 e. The van der Waals surface area contributed by atoms with Crippen molar-refractivity contribution in [1.29, 1.82) is 0 Å². The van der Waals surface area contributed by atoms with Crippen molar-refractivity contribution >= 4 is 10.2 Å². The molecule has 1 atom stereocenters. The van der Waals surface area contributed by atoms with Crippen LogP contribution in [0.1, 0.15) is 33.6 Å². The first-order valence-electron chi connectivity index (χ1n) is 7.64. The van der Waals surface area contributed by atoms with Gasteiger partial charge in [0.2, 0.25) is 5.85 Å². The molecule has 0 fully saturated rings. The van der Waals surface area contributed by atoms with Crippen LogP contribution in [-0.2, 0) is 14.2 Å². The third-order valence-electron chi connectivity index (χ3n) is 3.14. The van der Waals surface area contributed by atoms with E-state index in [0.29, 0.717) is 38.1 Å². The monoisotopic (exact) mass is 311 g/mol. The van der Waals surface area contributed by atoms with Crippen LogP contribution >= 0.6 is 0 Å². The van der Waals surface area contributed by atoms with Crippen LogP contribution in [0.2, 0.25) is 6.04 Å². The van der Waals surface area contributed by atoms with E-state index in [2.05, 4.69) is 27.0 Å². The Morgan fingerprint density at radius 1 is 1.24 bits per heavy atom. The Balaban J connectivity index is 3.09. The number of rotatable bonds is 11. The Morgan fingerprint density at radius 2 is 1.95 bits per heavy atom. The Labute approximate surface area is 131 Å². The first-order valence-corrected chi connectivity index (χ1v) is 8.34. The fourth-order valence-electron chi connectivity index (χ4n) is 2.42. The Kier molecular flexibility index (Phi) is 7.67. The van der Waals surface area contributed by atoms with Crippen molar-refractivity contribution in [2.24, 2.45) is 0 Å². The lowest BCUT2D eigenvalue weighted by Gasteiger charge is -2.39. The van der Waals surface area contributed by atoms with E-state index in [-0.39, 0.29) is 0 Å². The standard InChI is InChI=1S/C15H27N2O3Si/c1-5-11-17-14(19-7-3)13(18-6-2)16-15(17,20-8-4)10-9-12-21/h5,16H,1,6-12H2,2-4H3. The van der Waals surface area contributed by atoms with Crippen LogP contribution in [0.4, 0.5) is 0 Å². The predicted molar refractivity (Wildman–Crippen MR) is 84.5 cm³/mol. The molecule has 0 aliphatic carbocycles. The molecule has 119 valence electrons. The van der Waals surface area contributed by atoms with Crippen molar-refractivity contribution in [2.45, 2.75) is 45.5 Å². The van der Waals surface area contributed by atoms with Gasteiger partial charge in [-0.25, -0.2) is 0 Å². The minimum absolute atomic E-state index is 0.571. The average molecular weight is 311 g/mol. The van der Waals surface area contributed by atoms with Crippen LogP contribution in [0.5, 0.6) is 0 Å². The molecule has 0 aromatic heterocycles. The summed E-state index contributed by atoms with van der Waals surface area (Å²) in [4.78, 5) is 2.06. The van der Waals surface area contributed by atoms with Crippen molar-refractivity contribution in [3.05, 3.63) is 24.4 Å². The van der Waals surface area contributed by atoms with Crippen molar-refractivity contribution in [1.82, 2.24) is 10.2 Å². The van der Waals surface area contributed by atoms with Crippen molar-refractivity contribution in [2.75, 3.05) is 26.4 Å². The van der Waals surface area contributed by atoms with Gasteiger partial charge in [-0.05, 0) is 27.2 Å². The second kappa shape index (κ2) is 8.99. The van der Waals surface area contributed by atoms with E-state index >= 15 is 0 Å². The molecule has 0 bridgehead atoms. The zero-order valence-corrected chi connectivity index (χ0v) is 14.4. The molecule has 1 N–H and O–H groups in total. The van der Waals surface area contributed by atoms with Gasteiger partial charge < -0.3 is 19.5 Å². The number of nitrogens with zero attached hydrogens (tertiary/aromatic N) is 1. The molecule has 6 heteroatoms. The summed E-state index contributed by atoms with van der Waals surface area (Å²) in [7, 11) is 3.53. The smallest absolute Gasteiger partial charge is 0.255 e. The normalized spacial score (nSPS) is 21.4. The van der Waals surface area contributed by atoms with Crippen LogP contribution in [0.25, 0.3) is 0 Å². The predicted octanol–water partition coefficient (Wildman–Crippen LogP) is 2.33. The van der Waals surface area contributed by atoms with Gasteiger partial charge in [0.05, 0.1) is 13.2 Å². The molecule has 1 aliphatic heterocycles. The molecule has 3 radical (unpaired) electrons. The summed E-state index contributed by atoms with van der Waals surface area (Å²) in [5.74, 6) is 0.704. The largest absolute Gasteiger partial charge is 0.476 e. The topological polar surface area (TPSA) is 43.0 Å². The van der Waals surface area contributed by atoms with E-state index < -0.39 is 5.85 Å². The Morgan fingerprint density at radius 3 is 2.48 bits per heavy atom. The second-order valence-corrected chi connectivity index (χ2v) is 5.10. The van der Waals surface area contributed by atoms with Crippen LogP contribution in [0.15, 0.2) is 24.4 Å². The fraction of sp³-hybridized carbons (Fsp3) is 0.733. The summed E-state index contributed by atoms with van der Waals surface area (Å²) >= 11 is 0. The molecule has 21 heavy (non-hydrogen) atoms. The van der Waals surface area contributed by atoms with Gasteiger partial charge in [0.25, 0.3) is 11.8 Å². The summed E-state index contributed by atoms with van der Waals surface area (Å²) in [6.07, 6.45) is 3.62. The molecule has 0 amide bonds. The lowest BCUT2D eigenvalue weighted by molar-refractivity contribution is -0.160. The molecule has 1 unspecified atom stereocenters. The van der Waals surface area contributed by atoms with Gasteiger partial charge in [-0.2, -0.15) is 0 Å². The minimum Gasteiger partial charge on any atom is -0.476 e. The van der Waals surface area contributed by atoms with Gasteiger partial charge in [0.15, 0.2) is 0 Å². The van der Waals surface area contributed by atoms with E-state index in [1.807, 2.05) is 26.8 Å². The van der Waals surface area contributed by atoms with Gasteiger partial charge in [-0.3, -0.25) is 4.90 Å². The first kappa shape index (κ1) is 17.9. The molecule has 0 aromatic carbocycles. The van der Waals surface area contributed by atoms with Crippen LogP contribution in [0.3, 0.4) is 0 Å². The summed E-state index contributed by atoms with van der Waals surface area (Å²) in [6, 6.07) is 0.909. The summed E-state index contributed by atoms with van der Waals surface area (Å²) in [5, 5.41) is 3.38. The van der Waals surface area contributed by atoms with Crippen LogP contribution < -0.4 is 5.32 Å². The third-order valence-corrected chi connectivity index (χ3v) is 3.49. The lowest BCUT2D eigenvalue weighted by Crippen LogP contribution is -2.55. The molecular weight excluding hydrogens is 284 g/mol.